The first-order valence-electron chi connectivity index (χ1n) is 16.2. The predicted molar refractivity (Wildman–Crippen MR) is 193 cm³/mol. The number of nitrogens with zero attached hydrogens (tertiary/aromatic N) is 3. The maximum Gasteiger partial charge on any atom is 0.573 e. The minimum atomic E-state index is -4.76. The first-order valence-corrected chi connectivity index (χ1v) is 16.6. The van der Waals surface area contributed by atoms with Crippen LogP contribution >= 0.6 is 36.4 Å². The van der Waals surface area contributed by atoms with Crippen molar-refractivity contribution in [1.82, 2.24) is 14.4 Å². The third kappa shape index (κ3) is 8.99. The molecule has 2 aliphatic heterocycles. The SMILES string of the molecule is Cl.Cl.NCCCn1cc(-c2ccc(OC(F)(F)F)cc2CN)c2cc(CN3CCC4(CCCN(Cc5ccccc5Cl)C4)CC3)ccc21. The fourth-order valence-corrected chi connectivity index (χ4v) is 7.66. The molecule has 0 unspecified atom stereocenters. The summed E-state index contributed by atoms with van der Waals surface area (Å²) in [6, 6.07) is 19.2. The van der Waals surface area contributed by atoms with E-state index in [-0.39, 0.29) is 37.1 Å². The average molecular weight is 727 g/mol. The first kappa shape index (κ1) is 38.3. The molecule has 262 valence electrons. The largest absolute Gasteiger partial charge is 0.573 e. The highest BCUT2D eigenvalue weighted by molar-refractivity contribution is 6.31. The quantitative estimate of drug-likeness (QED) is 0.172. The highest BCUT2D eigenvalue weighted by Gasteiger charge is 2.38. The van der Waals surface area contributed by atoms with Crippen molar-refractivity contribution < 1.29 is 17.9 Å². The number of hydrogen-bond donors (Lipinski definition) is 2. The topological polar surface area (TPSA) is 72.7 Å². The molecule has 6 rings (SSSR count). The third-order valence-corrected chi connectivity index (χ3v) is 10.2. The smallest absolute Gasteiger partial charge is 0.406 e. The van der Waals surface area contributed by atoms with Gasteiger partial charge in [0.15, 0.2) is 0 Å². The Balaban J connectivity index is 0.00000260. The number of ether oxygens (including phenoxy) is 1. The molecular weight excluding hydrogens is 682 g/mol. The van der Waals surface area contributed by atoms with Gasteiger partial charge in [0.1, 0.15) is 5.75 Å². The van der Waals surface area contributed by atoms with Crippen LogP contribution < -0.4 is 16.2 Å². The Morgan fingerprint density at radius 1 is 0.833 bits per heavy atom. The minimum absolute atomic E-state index is 0. The zero-order chi connectivity index (χ0) is 32.3. The van der Waals surface area contributed by atoms with Crippen molar-refractivity contribution in [3.8, 4) is 16.9 Å². The third-order valence-electron chi connectivity index (χ3n) is 9.78. The maximum atomic E-state index is 12.9. The van der Waals surface area contributed by atoms with E-state index in [9.17, 15) is 13.2 Å². The molecule has 12 heteroatoms. The average Bonchev–Trinajstić information content (AvgIpc) is 3.39. The van der Waals surface area contributed by atoms with Crippen LogP contribution in [0, 0.1) is 5.41 Å². The molecule has 1 spiro atoms. The van der Waals surface area contributed by atoms with Gasteiger partial charge in [-0.25, -0.2) is 0 Å². The Hall–Kier alpha value is -2.50. The van der Waals surface area contributed by atoms with Crippen LogP contribution in [-0.2, 0) is 26.2 Å². The number of halogens is 6. The van der Waals surface area contributed by atoms with E-state index in [4.69, 9.17) is 23.1 Å². The Morgan fingerprint density at radius 2 is 1.60 bits per heavy atom. The molecule has 0 aliphatic carbocycles. The lowest BCUT2D eigenvalue weighted by atomic mass is 9.72. The Morgan fingerprint density at radius 3 is 2.31 bits per heavy atom. The number of hydrogen-bond acceptors (Lipinski definition) is 5. The summed E-state index contributed by atoms with van der Waals surface area (Å²) >= 11 is 6.48. The second-order valence-electron chi connectivity index (χ2n) is 13.0. The van der Waals surface area contributed by atoms with Gasteiger partial charge in [0.25, 0.3) is 0 Å². The lowest BCUT2D eigenvalue weighted by Gasteiger charge is -2.48. The van der Waals surface area contributed by atoms with Gasteiger partial charge in [0.05, 0.1) is 0 Å². The Kier molecular flexibility index (Phi) is 13.1. The van der Waals surface area contributed by atoms with Gasteiger partial charge >= 0.3 is 6.36 Å². The van der Waals surface area contributed by atoms with E-state index in [1.165, 1.54) is 48.9 Å². The monoisotopic (exact) mass is 725 g/mol. The van der Waals surface area contributed by atoms with E-state index in [1.54, 1.807) is 6.07 Å². The minimum Gasteiger partial charge on any atom is -0.406 e. The van der Waals surface area contributed by atoms with E-state index < -0.39 is 6.36 Å². The lowest BCUT2D eigenvalue weighted by molar-refractivity contribution is -0.274. The second-order valence-corrected chi connectivity index (χ2v) is 13.4. The van der Waals surface area contributed by atoms with Crippen LogP contribution in [0.4, 0.5) is 13.2 Å². The zero-order valence-corrected chi connectivity index (χ0v) is 29.4. The highest BCUT2D eigenvalue weighted by atomic mass is 35.5. The maximum absolute atomic E-state index is 12.9. The fourth-order valence-electron chi connectivity index (χ4n) is 7.47. The van der Waals surface area contributed by atoms with Crippen molar-refractivity contribution in [2.45, 2.75) is 64.6 Å². The van der Waals surface area contributed by atoms with Crippen LogP contribution in [0.2, 0.25) is 5.02 Å². The second kappa shape index (κ2) is 16.5. The number of nitrogens with two attached hydrogens (primary N) is 2. The number of likely N-dealkylation sites (tertiary alicyclic amines) is 2. The molecule has 3 heterocycles. The molecule has 1 aromatic heterocycles. The van der Waals surface area contributed by atoms with E-state index >= 15 is 0 Å². The van der Waals surface area contributed by atoms with Crippen LogP contribution in [0.25, 0.3) is 22.0 Å². The summed E-state index contributed by atoms with van der Waals surface area (Å²) in [6.45, 7) is 7.51. The normalized spacial score (nSPS) is 16.9. The highest BCUT2D eigenvalue weighted by Crippen LogP contribution is 2.41. The van der Waals surface area contributed by atoms with Gasteiger partial charge in [-0.15, -0.1) is 38.0 Å². The van der Waals surface area contributed by atoms with E-state index in [2.05, 4.69) is 55.6 Å². The van der Waals surface area contributed by atoms with Gasteiger partial charge < -0.3 is 20.8 Å². The van der Waals surface area contributed by atoms with Crippen LogP contribution in [0.5, 0.6) is 5.75 Å². The van der Waals surface area contributed by atoms with E-state index in [1.807, 2.05) is 12.1 Å². The summed E-state index contributed by atoms with van der Waals surface area (Å²) in [5.74, 6) is -0.267. The fraction of sp³-hybridized carbons (Fsp3) is 0.444. The van der Waals surface area contributed by atoms with E-state index in [0.29, 0.717) is 17.5 Å². The molecular formula is C36H45Cl3F3N5O. The van der Waals surface area contributed by atoms with E-state index in [0.717, 1.165) is 79.3 Å². The number of piperidine rings is 2. The molecule has 2 saturated heterocycles. The van der Waals surface area contributed by atoms with Crippen LogP contribution in [0.3, 0.4) is 0 Å². The molecule has 2 fully saturated rings. The van der Waals surface area contributed by atoms with Gasteiger partial charge in [-0.3, -0.25) is 9.80 Å². The van der Waals surface area contributed by atoms with Gasteiger partial charge in [-0.1, -0.05) is 41.9 Å². The van der Waals surface area contributed by atoms with Crippen molar-refractivity contribution in [2.75, 3.05) is 32.7 Å². The van der Waals surface area contributed by atoms with Crippen molar-refractivity contribution in [1.29, 1.82) is 0 Å². The van der Waals surface area contributed by atoms with Gasteiger partial charge in [0.2, 0.25) is 0 Å². The molecule has 2 aliphatic rings. The van der Waals surface area contributed by atoms with Crippen molar-refractivity contribution in [2.24, 2.45) is 16.9 Å². The summed E-state index contributed by atoms with van der Waals surface area (Å²) in [7, 11) is 0. The zero-order valence-electron chi connectivity index (χ0n) is 27.0. The molecule has 4 aromatic rings. The molecule has 4 N–H and O–H groups in total. The number of rotatable bonds is 10. The Labute approximate surface area is 298 Å². The molecule has 0 bridgehead atoms. The summed E-state index contributed by atoms with van der Waals surface area (Å²) in [6.07, 6.45) is 2.99. The van der Waals surface area contributed by atoms with Crippen LogP contribution in [0.15, 0.2) is 66.9 Å². The van der Waals surface area contributed by atoms with Gasteiger partial charge in [-0.05, 0) is 116 Å². The molecule has 0 radical (unpaired) electrons. The van der Waals surface area contributed by atoms with Crippen LogP contribution in [0.1, 0.15) is 48.8 Å². The summed E-state index contributed by atoms with van der Waals surface area (Å²) in [5.41, 5.74) is 18.1. The van der Waals surface area contributed by atoms with Crippen LogP contribution in [-0.4, -0.2) is 53.5 Å². The van der Waals surface area contributed by atoms with Gasteiger partial charge in [-0.2, -0.15) is 0 Å². The number of benzene rings is 3. The summed E-state index contributed by atoms with van der Waals surface area (Å²) in [5, 5.41) is 1.91. The number of aromatic nitrogens is 1. The van der Waals surface area contributed by atoms with Crippen molar-refractivity contribution in [3.05, 3.63) is 88.6 Å². The predicted octanol–water partition coefficient (Wildman–Crippen LogP) is 8.39. The summed E-state index contributed by atoms with van der Waals surface area (Å²) < 4.78 is 45.1. The molecule has 48 heavy (non-hydrogen) atoms. The number of aryl methyl sites for hydroxylation is 1. The van der Waals surface area contributed by atoms with Gasteiger partial charge in [0, 0.05) is 60.4 Å². The molecule has 0 saturated carbocycles. The first-order chi connectivity index (χ1) is 22.1. The van der Waals surface area contributed by atoms with Crippen molar-refractivity contribution in [3.63, 3.8) is 0 Å². The molecule has 0 atom stereocenters. The van der Waals surface area contributed by atoms with Crippen molar-refractivity contribution >= 4 is 47.3 Å². The molecule has 0 amide bonds. The number of fused-ring (bicyclic) bond motifs is 1. The summed E-state index contributed by atoms with van der Waals surface area (Å²) in [4.78, 5) is 5.14. The standard InChI is InChI=1S/C36H43ClF3N5O.2ClH/c37-33-6-2-1-5-27(33)23-44-15-3-11-35(25-44)12-17-43(18-13-35)22-26-7-10-34-31(19-26)32(24-45(34)16-4-14-41)30-9-8-29(20-28(30)21-42)46-36(38,39)40;;/h1-2,5-10,19-20,24H,3-4,11-18,21-23,25,41-42H2;2*1H. The Bertz CT molecular complexity index is 1660. The number of alkyl halides is 3. The molecule has 3 aromatic carbocycles. The lowest BCUT2D eigenvalue weighted by Crippen LogP contribution is -2.49. The molecule has 6 nitrogen and oxygen atoms in total.